The van der Waals surface area contributed by atoms with Crippen molar-refractivity contribution in [3.8, 4) is 11.5 Å². The summed E-state index contributed by atoms with van der Waals surface area (Å²) in [5, 5.41) is 3.41. The van der Waals surface area contributed by atoms with Crippen molar-refractivity contribution in [2.24, 2.45) is 0 Å². The number of aromatic nitrogens is 1. The molecule has 0 bridgehead atoms. The second-order valence-electron chi connectivity index (χ2n) is 5.82. The summed E-state index contributed by atoms with van der Waals surface area (Å²) in [4.78, 5) is 17.9. The van der Waals surface area contributed by atoms with Crippen molar-refractivity contribution < 1.29 is 14.3 Å². The number of anilines is 1. The van der Waals surface area contributed by atoms with Gasteiger partial charge in [0.05, 0.1) is 14.2 Å². The van der Waals surface area contributed by atoms with E-state index in [0.29, 0.717) is 22.2 Å². The van der Waals surface area contributed by atoms with E-state index >= 15 is 0 Å². The Hall–Kier alpha value is -2.86. The second kappa shape index (κ2) is 8.01. The molecule has 0 saturated carbocycles. The predicted octanol–water partition coefficient (Wildman–Crippen LogP) is 4.31. The molecule has 0 spiro atoms. The molecule has 134 valence electrons. The van der Waals surface area contributed by atoms with E-state index in [1.165, 1.54) is 29.6 Å². The van der Waals surface area contributed by atoms with Crippen LogP contribution in [0, 0.1) is 6.92 Å². The Morgan fingerprint density at radius 1 is 1.12 bits per heavy atom. The minimum absolute atomic E-state index is 0.234. The topological polar surface area (TPSA) is 60.5 Å². The van der Waals surface area contributed by atoms with Crippen LogP contribution >= 0.6 is 11.3 Å². The molecule has 0 fully saturated rings. The van der Waals surface area contributed by atoms with Gasteiger partial charge in [0, 0.05) is 23.1 Å². The van der Waals surface area contributed by atoms with Gasteiger partial charge in [0.25, 0.3) is 5.91 Å². The van der Waals surface area contributed by atoms with E-state index in [1.807, 2.05) is 6.07 Å². The number of benzene rings is 2. The highest BCUT2D eigenvalue weighted by molar-refractivity contribution is 7.15. The van der Waals surface area contributed by atoms with Crippen molar-refractivity contribution in [3.05, 3.63) is 70.2 Å². The number of ether oxygens (including phenoxy) is 2. The molecule has 1 amide bonds. The smallest absolute Gasteiger partial charge is 0.257 e. The molecule has 0 unspecified atom stereocenters. The van der Waals surface area contributed by atoms with Crippen molar-refractivity contribution in [2.75, 3.05) is 19.5 Å². The average molecular weight is 368 g/mol. The number of aryl methyl sites for hydroxylation is 1. The highest BCUT2D eigenvalue weighted by Gasteiger charge is 2.13. The molecular formula is C20H20N2O3S. The van der Waals surface area contributed by atoms with Crippen LogP contribution in [0.3, 0.4) is 0 Å². The molecule has 0 saturated heterocycles. The van der Waals surface area contributed by atoms with Crippen LogP contribution in [0.1, 0.15) is 26.4 Å². The number of thiazole rings is 1. The Morgan fingerprint density at radius 2 is 1.92 bits per heavy atom. The zero-order valence-electron chi connectivity index (χ0n) is 14.9. The van der Waals surface area contributed by atoms with Crippen LogP contribution in [-0.2, 0) is 6.42 Å². The fraction of sp³-hybridized carbons (Fsp3) is 0.200. The van der Waals surface area contributed by atoms with Gasteiger partial charge in [-0.1, -0.05) is 29.8 Å². The second-order valence-corrected chi connectivity index (χ2v) is 6.94. The highest BCUT2D eigenvalue weighted by atomic mass is 32.1. The van der Waals surface area contributed by atoms with Crippen molar-refractivity contribution in [3.63, 3.8) is 0 Å². The van der Waals surface area contributed by atoms with Crippen molar-refractivity contribution >= 4 is 22.4 Å². The summed E-state index contributed by atoms with van der Waals surface area (Å²) in [5.74, 6) is 0.862. The number of amides is 1. The normalized spacial score (nSPS) is 10.4. The van der Waals surface area contributed by atoms with Crippen LogP contribution in [0.4, 0.5) is 5.13 Å². The van der Waals surface area contributed by atoms with E-state index in [1.54, 1.807) is 31.5 Å². The molecular weight excluding hydrogens is 348 g/mol. The summed E-state index contributed by atoms with van der Waals surface area (Å²) in [5.41, 5.74) is 2.94. The maximum absolute atomic E-state index is 12.5. The van der Waals surface area contributed by atoms with Gasteiger partial charge in [0.1, 0.15) is 0 Å². The number of carbonyl (C=O) groups is 1. The lowest BCUT2D eigenvalue weighted by Crippen LogP contribution is -2.11. The minimum Gasteiger partial charge on any atom is -0.493 e. The van der Waals surface area contributed by atoms with E-state index < -0.39 is 0 Å². The van der Waals surface area contributed by atoms with E-state index in [9.17, 15) is 4.79 Å². The fourth-order valence-corrected chi connectivity index (χ4v) is 3.46. The van der Waals surface area contributed by atoms with Crippen LogP contribution in [0.15, 0.2) is 48.7 Å². The fourth-order valence-electron chi connectivity index (χ4n) is 2.62. The molecule has 2 aromatic carbocycles. The summed E-state index contributed by atoms with van der Waals surface area (Å²) in [6.07, 6.45) is 2.60. The molecule has 26 heavy (non-hydrogen) atoms. The minimum atomic E-state index is -0.234. The molecule has 0 atom stereocenters. The molecule has 0 aliphatic heterocycles. The third-order valence-electron chi connectivity index (χ3n) is 3.88. The molecule has 6 heteroatoms. The first-order chi connectivity index (χ1) is 12.6. The van der Waals surface area contributed by atoms with Gasteiger partial charge < -0.3 is 9.47 Å². The van der Waals surface area contributed by atoms with E-state index in [0.717, 1.165) is 11.3 Å². The summed E-state index contributed by atoms with van der Waals surface area (Å²) >= 11 is 1.48. The average Bonchev–Trinajstić information content (AvgIpc) is 3.07. The maximum Gasteiger partial charge on any atom is 0.257 e. The summed E-state index contributed by atoms with van der Waals surface area (Å²) in [6.45, 7) is 2.07. The number of hydrogen-bond acceptors (Lipinski definition) is 5. The Bertz CT molecular complexity index is 921. The number of hydrogen-bond donors (Lipinski definition) is 1. The molecule has 0 radical (unpaired) electrons. The van der Waals surface area contributed by atoms with Crippen LogP contribution < -0.4 is 14.8 Å². The highest BCUT2D eigenvalue weighted by Crippen LogP contribution is 2.28. The Balaban J connectivity index is 1.69. The lowest BCUT2D eigenvalue weighted by molar-refractivity contribution is 0.102. The van der Waals surface area contributed by atoms with Gasteiger partial charge in [-0.2, -0.15) is 0 Å². The first-order valence-electron chi connectivity index (χ1n) is 8.12. The Kier molecular flexibility index (Phi) is 5.53. The molecule has 1 N–H and O–H groups in total. The number of carbonyl (C=O) groups excluding carboxylic acids is 1. The van der Waals surface area contributed by atoms with Crippen LogP contribution in [0.2, 0.25) is 0 Å². The van der Waals surface area contributed by atoms with E-state index in [2.05, 4.69) is 35.4 Å². The van der Waals surface area contributed by atoms with Gasteiger partial charge in [0.2, 0.25) is 0 Å². The molecule has 5 nitrogen and oxygen atoms in total. The van der Waals surface area contributed by atoms with Crippen molar-refractivity contribution in [1.29, 1.82) is 0 Å². The van der Waals surface area contributed by atoms with Gasteiger partial charge in [-0.25, -0.2) is 4.98 Å². The number of rotatable bonds is 6. The van der Waals surface area contributed by atoms with Gasteiger partial charge in [-0.15, -0.1) is 11.3 Å². The lowest BCUT2D eigenvalue weighted by atomic mass is 10.1. The van der Waals surface area contributed by atoms with Crippen LogP contribution in [0.5, 0.6) is 11.5 Å². The predicted molar refractivity (Wildman–Crippen MR) is 104 cm³/mol. The van der Waals surface area contributed by atoms with E-state index in [4.69, 9.17) is 9.47 Å². The van der Waals surface area contributed by atoms with Crippen molar-refractivity contribution in [2.45, 2.75) is 13.3 Å². The third-order valence-corrected chi connectivity index (χ3v) is 4.79. The van der Waals surface area contributed by atoms with E-state index in [-0.39, 0.29) is 5.91 Å². The van der Waals surface area contributed by atoms with Gasteiger partial charge >= 0.3 is 0 Å². The Labute approximate surface area is 156 Å². The summed E-state index contributed by atoms with van der Waals surface area (Å²) in [6, 6.07) is 13.4. The number of methoxy groups -OCH3 is 2. The largest absolute Gasteiger partial charge is 0.493 e. The molecule has 1 heterocycles. The monoisotopic (exact) mass is 368 g/mol. The molecule has 0 aliphatic rings. The van der Waals surface area contributed by atoms with Crippen LogP contribution in [0.25, 0.3) is 0 Å². The van der Waals surface area contributed by atoms with Gasteiger partial charge in [-0.05, 0) is 30.7 Å². The Morgan fingerprint density at radius 3 is 2.65 bits per heavy atom. The SMILES string of the molecule is COc1ccc(C(=O)Nc2ncc(Cc3cccc(C)c3)s2)cc1OC. The lowest BCUT2D eigenvalue weighted by Gasteiger charge is -2.09. The van der Waals surface area contributed by atoms with Crippen molar-refractivity contribution in [1.82, 2.24) is 4.98 Å². The maximum atomic E-state index is 12.5. The quantitative estimate of drug-likeness (QED) is 0.704. The zero-order chi connectivity index (χ0) is 18.5. The molecule has 1 aromatic heterocycles. The van der Waals surface area contributed by atoms with Gasteiger partial charge in [-0.3, -0.25) is 10.1 Å². The summed E-state index contributed by atoms with van der Waals surface area (Å²) < 4.78 is 10.4. The molecule has 3 aromatic rings. The summed E-state index contributed by atoms with van der Waals surface area (Å²) in [7, 11) is 3.10. The number of nitrogens with one attached hydrogen (secondary N) is 1. The first-order valence-corrected chi connectivity index (χ1v) is 8.94. The standard InChI is InChI=1S/C20H20N2O3S/c1-13-5-4-6-14(9-13)10-16-12-21-20(26-16)22-19(23)15-7-8-17(24-2)18(11-15)25-3/h4-9,11-12H,10H2,1-3H3,(H,21,22,23). The van der Waals surface area contributed by atoms with Gasteiger partial charge in [0.15, 0.2) is 16.6 Å². The molecule has 3 rings (SSSR count). The third kappa shape index (κ3) is 4.21. The number of nitrogens with zero attached hydrogens (tertiary/aromatic N) is 1. The molecule has 0 aliphatic carbocycles. The van der Waals surface area contributed by atoms with Crippen LogP contribution in [-0.4, -0.2) is 25.1 Å². The first kappa shape index (κ1) is 17.9. The zero-order valence-corrected chi connectivity index (χ0v) is 15.7.